The minimum absolute atomic E-state index is 0.157. The molecule has 3 aliphatic rings. The zero-order valence-corrected chi connectivity index (χ0v) is 9.94. The molecule has 0 fully saturated rings. The Balaban J connectivity index is 2.02. The maximum atomic E-state index is 12.3. The first kappa shape index (κ1) is 9.84. The number of benzene rings is 1. The van der Waals surface area contributed by atoms with E-state index in [2.05, 4.69) is 42.5 Å². The van der Waals surface area contributed by atoms with Gasteiger partial charge >= 0.3 is 0 Å². The van der Waals surface area contributed by atoms with Gasteiger partial charge in [-0.15, -0.1) is 0 Å². The van der Waals surface area contributed by atoms with Gasteiger partial charge in [-0.05, 0) is 46.8 Å². The molecule has 1 nitrogen and oxygen atoms in total. The van der Waals surface area contributed by atoms with Crippen LogP contribution >= 0.6 is 0 Å². The van der Waals surface area contributed by atoms with Crippen LogP contribution in [0.3, 0.4) is 0 Å². The minimum atomic E-state index is 0.157. The lowest BCUT2D eigenvalue weighted by atomic mass is 9.80. The van der Waals surface area contributed by atoms with Gasteiger partial charge in [0.1, 0.15) is 0 Å². The maximum absolute atomic E-state index is 12.3. The van der Waals surface area contributed by atoms with E-state index in [4.69, 9.17) is 0 Å². The van der Waals surface area contributed by atoms with Crippen LogP contribution in [0.1, 0.15) is 33.5 Å². The average Bonchev–Trinajstić information content (AvgIpc) is 2.86. The molecular weight excluding hydrogens is 220 g/mol. The molecule has 86 valence electrons. The Hall–Kier alpha value is -2.15. The summed E-state index contributed by atoms with van der Waals surface area (Å²) in [7, 11) is 0. The fourth-order valence-electron chi connectivity index (χ4n) is 3.04. The number of hydrogen-bond acceptors (Lipinski definition) is 1. The first-order chi connectivity index (χ1) is 8.84. The molecule has 3 aliphatic carbocycles. The van der Waals surface area contributed by atoms with Crippen molar-refractivity contribution in [2.45, 2.75) is 12.8 Å². The zero-order chi connectivity index (χ0) is 12.1. The highest BCUT2D eigenvalue weighted by molar-refractivity contribution is 6.16. The lowest BCUT2D eigenvalue weighted by Crippen LogP contribution is -2.12. The summed E-state index contributed by atoms with van der Waals surface area (Å²) >= 11 is 0. The molecular formula is C17H12O. The molecule has 0 radical (unpaired) electrons. The first-order valence-corrected chi connectivity index (χ1v) is 6.30. The second kappa shape index (κ2) is 3.42. The van der Waals surface area contributed by atoms with Gasteiger partial charge in [-0.3, -0.25) is 4.79 Å². The molecule has 18 heavy (non-hydrogen) atoms. The molecule has 0 amide bonds. The Bertz CT molecular complexity index is 697. The van der Waals surface area contributed by atoms with E-state index < -0.39 is 0 Å². The molecule has 0 spiro atoms. The number of ketones is 1. The van der Waals surface area contributed by atoms with Gasteiger partial charge in [0, 0.05) is 5.56 Å². The van der Waals surface area contributed by atoms with Crippen LogP contribution in [0.15, 0.2) is 48.1 Å². The molecule has 0 N–H and O–H groups in total. The summed E-state index contributed by atoms with van der Waals surface area (Å²) in [5.41, 5.74) is 6.72. The molecule has 0 aliphatic heterocycles. The van der Waals surface area contributed by atoms with Crippen LogP contribution in [-0.2, 0) is 6.42 Å². The molecule has 0 unspecified atom stereocenters. The van der Waals surface area contributed by atoms with E-state index in [-0.39, 0.29) is 5.78 Å². The number of fused-ring (bicyclic) bond motifs is 5. The number of hydrogen-bond donors (Lipinski definition) is 0. The van der Waals surface area contributed by atoms with Crippen molar-refractivity contribution in [3.05, 3.63) is 70.3 Å². The van der Waals surface area contributed by atoms with Crippen LogP contribution in [0.4, 0.5) is 0 Å². The van der Waals surface area contributed by atoms with E-state index in [1.54, 1.807) is 6.08 Å². The smallest absolute Gasteiger partial charge is 0.187 e. The van der Waals surface area contributed by atoms with Gasteiger partial charge in [-0.1, -0.05) is 42.5 Å². The highest BCUT2D eigenvalue weighted by Gasteiger charge is 2.26. The fraction of sp³-hybridized carbons (Fsp3) is 0.118. The van der Waals surface area contributed by atoms with E-state index >= 15 is 0 Å². The molecule has 0 aromatic heterocycles. The Morgan fingerprint density at radius 2 is 2.00 bits per heavy atom. The summed E-state index contributed by atoms with van der Waals surface area (Å²) in [5, 5.41) is 0. The van der Waals surface area contributed by atoms with E-state index in [1.807, 2.05) is 0 Å². The van der Waals surface area contributed by atoms with E-state index in [0.717, 1.165) is 29.5 Å². The van der Waals surface area contributed by atoms with Crippen molar-refractivity contribution in [1.29, 1.82) is 0 Å². The second-order valence-corrected chi connectivity index (χ2v) is 4.88. The van der Waals surface area contributed by atoms with Crippen molar-refractivity contribution in [2.24, 2.45) is 0 Å². The van der Waals surface area contributed by atoms with Crippen molar-refractivity contribution in [3.63, 3.8) is 0 Å². The van der Waals surface area contributed by atoms with E-state index in [0.29, 0.717) is 0 Å². The lowest BCUT2D eigenvalue weighted by Gasteiger charge is -2.22. The third kappa shape index (κ3) is 1.19. The first-order valence-electron chi connectivity index (χ1n) is 6.30. The van der Waals surface area contributed by atoms with Crippen LogP contribution in [0, 0.1) is 0 Å². The van der Waals surface area contributed by atoms with Gasteiger partial charge in [0.25, 0.3) is 0 Å². The maximum Gasteiger partial charge on any atom is 0.187 e. The van der Waals surface area contributed by atoms with Crippen LogP contribution < -0.4 is 0 Å². The number of allylic oxidation sites excluding steroid dienone is 7. The topological polar surface area (TPSA) is 17.1 Å². The Morgan fingerprint density at radius 1 is 1.06 bits per heavy atom. The fourth-order valence-corrected chi connectivity index (χ4v) is 3.04. The minimum Gasteiger partial charge on any atom is -0.289 e. The predicted molar refractivity (Wildman–Crippen MR) is 73.3 cm³/mol. The Labute approximate surface area is 106 Å². The average molecular weight is 232 g/mol. The molecule has 1 aromatic carbocycles. The summed E-state index contributed by atoms with van der Waals surface area (Å²) in [6, 6.07) is 4.23. The van der Waals surface area contributed by atoms with Crippen LogP contribution in [-0.4, -0.2) is 5.78 Å². The normalized spacial score (nSPS) is 19.0. The molecule has 1 heteroatoms. The second-order valence-electron chi connectivity index (χ2n) is 4.88. The van der Waals surface area contributed by atoms with Crippen LogP contribution in [0.2, 0.25) is 0 Å². The van der Waals surface area contributed by atoms with Gasteiger partial charge in [-0.25, -0.2) is 0 Å². The van der Waals surface area contributed by atoms with Gasteiger partial charge in [0.05, 0.1) is 0 Å². The summed E-state index contributed by atoms with van der Waals surface area (Å²) in [6.45, 7) is 0. The Morgan fingerprint density at radius 3 is 2.94 bits per heavy atom. The third-order valence-corrected chi connectivity index (χ3v) is 3.86. The molecule has 4 rings (SSSR count). The largest absolute Gasteiger partial charge is 0.289 e. The molecule has 0 heterocycles. The van der Waals surface area contributed by atoms with Gasteiger partial charge in [0.15, 0.2) is 5.78 Å². The number of carbonyl (C=O) groups excluding carboxylic acids is 1. The van der Waals surface area contributed by atoms with Crippen molar-refractivity contribution in [3.8, 4) is 0 Å². The van der Waals surface area contributed by atoms with Crippen molar-refractivity contribution >= 4 is 17.4 Å². The van der Waals surface area contributed by atoms with Gasteiger partial charge in [-0.2, -0.15) is 0 Å². The monoisotopic (exact) mass is 232 g/mol. The van der Waals surface area contributed by atoms with E-state index in [9.17, 15) is 4.79 Å². The quantitative estimate of drug-likeness (QED) is 0.666. The summed E-state index contributed by atoms with van der Waals surface area (Å²) in [6.07, 6.45) is 14.2. The number of carbonyl (C=O) groups is 1. The highest BCUT2D eigenvalue weighted by Crippen LogP contribution is 2.38. The molecule has 0 atom stereocenters. The third-order valence-electron chi connectivity index (χ3n) is 3.86. The summed E-state index contributed by atoms with van der Waals surface area (Å²) in [4.78, 5) is 12.3. The Kier molecular flexibility index (Phi) is 1.87. The van der Waals surface area contributed by atoms with E-state index in [1.165, 1.54) is 16.7 Å². The van der Waals surface area contributed by atoms with Crippen LogP contribution in [0.5, 0.6) is 0 Å². The van der Waals surface area contributed by atoms with Crippen LogP contribution in [0.25, 0.3) is 11.6 Å². The number of rotatable bonds is 0. The van der Waals surface area contributed by atoms with Crippen molar-refractivity contribution < 1.29 is 4.79 Å². The SMILES string of the molecule is O=C1C=C2C=CCC=C2c2ccc3c(c21)CC=C3. The molecule has 0 saturated heterocycles. The molecule has 0 bridgehead atoms. The zero-order valence-electron chi connectivity index (χ0n) is 9.94. The van der Waals surface area contributed by atoms with Crippen molar-refractivity contribution in [2.75, 3.05) is 0 Å². The van der Waals surface area contributed by atoms with Gasteiger partial charge in [0.2, 0.25) is 0 Å². The predicted octanol–water partition coefficient (Wildman–Crippen LogP) is 3.72. The van der Waals surface area contributed by atoms with Gasteiger partial charge < -0.3 is 0 Å². The summed E-state index contributed by atoms with van der Waals surface area (Å²) in [5.74, 6) is 0.157. The molecule has 0 saturated carbocycles. The molecule has 1 aromatic rings. The summed E-state index contributed by atoms with van der Waals surface area (Å²) < 4.78 is 0. The van der Waals surface area contributed by atoms with Crippen molar-refractivity contribution in [1.82, 2.24) is 0 Å². The lowest BCUT2D eigenvalue weighted by molar-refractivity contribution is 0.104. The standard InChI is InChI=1S/C17H12O/c18-16-10-12-4-1-2-6-13(12)15-9-8-11-5-3-7-14(11)17(15)16/h1,3-6,8-10H,2,7H2. The highest BCUT2D eigenvalue weighted by atomic mass is 16.1.